The molecule has 1 aromatic carbocycles. The smallest absolute Gasteiger partial charge is 0.410 e. The molecule has 0 spiro atoms. The first kappa shape index (κ1) is 25.5. The summed E-state index contributed by atoms with van der Waals surface area (Å²) < 4.78 is 7.92. The maximum absolute atomic E-state index is 12.8. The fraction of sp³-hybridized carbons (Fsp3) is 0.625. The topological polar surface area (TPSA) is 79.2 Å². The van der Waals surface area contributed by atoms with Crippen LogP contribution in [0, 0.1) is 16.0 Å². The number of amides is 1. The average Bonchev–Trinajstić information content (AvgIpc) is 3.30. The van der Waals surface area contributed by atoms with E-state index in [-0.39, 0.29) is 24.4 Å². The van der Waals surface area contributed by atoms with Gasteiger partial charge in [-0.2, -0.15) is 0 Å². The van der Waals surface area contributed by atoms with Crippen molar-refractivity contribution in [3.63, 3.8) is 0 Å². The molecule has 0 bridgehead atoms. The zero-order valence-corrected chi connectivity index (χ0v) is 20.5. The Bertz CT molecular complexity index is 798. The zero-order chi connectivity index (χ0) is 23.8. The highest BCUT2D eigenvalue weighted by atomic mass is 32.2. The molecule has 0 radical (unpaired) electrons. The third-order valence-electron chi connectivity index (χ3n) is 6.90. The van der Waals surface area contributed by atoms with Crippen molar-refractivity contribution in [3.05, 3.63) is 52.6 Å². The number of carbonyl (C=O) groups is 1. The van der Waals surface area contributed by atoms with Crippen LogP contribution in [-0.2, 0) is 11.3 Å². The number of non-ortho nitro benzene ring substituents is 1. The molecule has 33 heavy (non-hydrogen) atoms. The maximum atomic E-state index is 12.8. The van der Waals surface area contributed by atoms with Gasteiger partial charge < -0.3 is 14.5 Å². The number of nitrogens with zero attached hydrogens (tertiary/aromatic N) is 4. The minimum absolute atomic E-state index is 0.0227. The van der Waals surface area contributed by atoms with E-state index in [2.05, 4.69) is 29.1 Å². The molecule has 2 unspecified atom stereocenters. The quantitative estimate of drug-likeness (QED) is 0.212. The lowest BCUT2D eigenvalue weighted by atomic mass is 10.0. The van der Waals surface area contributed by atoms with E-state index in [9.17, 15) is 14.9 Å². The van der Waals surface area contributed by atoms with Gasteiger partial charge in [0.25, 0.3) is 5.69 Å². The van der Waals surface area contributed by atoms with Gasteiger partial charge in [-0.1, -0.05) is 18.0 Å². The van der Waals surface area contributed by atoms with E-state index in [1.165, 1.54) is 31.4 Å². The zero-order valence-electron chi connectivity index (χ0n) is 19.7. The third kappa shape index (κ3) is 7.19. The van der Waals surface area contributed by atoms with Crippen LogP contribution in [0.2, 0.25) is 0 Å². The van der Waals surface area contributed by atoms with Crippen LogP contribution in [0.5, 0.6) is 0 Å². The van der Waals surface area contributed by atoms with E-state index < -0.39 is 4.92 Å². The van der Waals surface area contributed by atoms with Crippen molar-refractivity contribution < 1.29 is 14.5 Å². The number of hydrogen-bond donors (Lipinski definition) is 0. The molecule has 1 saturated heterocycles. The van der Waals surface area contributed by atoms with E-state index >= 15 is 0 Å². The Morgan fingerprint density at radius 2 is 1.94 bits per heavy atom. The molecule has 1 aliphatic heterocycles. The molecule has 1 amide bonds. The van der Waals surface area contributed by atoms with Gasteiger partial charge in [-0.15, -0.1) is 6.58 Å². The lowest BCUT2D eigenvalue weighted by Crippen LogP contribution is -2.48. The summed E-state index contributed by atoms with van der Waals surface area (Å²) in [5.41, 5.74) is 0.749. The number of piperidine rings is 1. The molecule has 1 saturated carbocycles. The molecule has 0 N–H and O–H groups in total. The molecule has 1 aromatic rings. The Hall–Kier alpha value is -2.10. The van der Waals surface area contributed by atoms with Crippen LogP contribution >= 0.6 is 11.9 Å². The van der Waals surface area contributed by atoms with Crippen molar-refractivity contribution in [1.29, 1.82) is 0 Å². The van der Waals surface area contributed by atoms with E-state index in [1.54, 1.807) is 23.1 Å². The molecular formula is C24H36N4O4S. The van der Waals surface area contributed by atoms with Gasteiger partial charge in [0.15, 0.2) is 0 Å². The van der Waals surface area contributed by atoms with Crippen LogP contribution in [0.4, 0.5) is 10.5 Å². The summed E-state index contributed by atoms with van der Waals surface area (Å²) in [4.78, 5) is 27.5. The lowest BCUT2D eigenvalue weighted by molar-refractivity contribution is -0.384. The molecule has 9 heteroatoms. The summed E-state index contributed by atoms with van der Waals surface area (Å²) in [6, 6.07) is 6.91. The van der Waals surface area contributed by atoms with Gasteiger partial charge in [-0.25, -0.2) is 4.79 Å². The first-order chi connectivity index (χ1) is 15.9. The number of nitro groups is 1. The Kier molecular flexibility index (Phi) is 9.58. The highest BCUT2D eigenvalue weighted by Gasteiger charge is 2.32. The van der Waals surface area contributed by atoms with Crippen molar-refractivity contribution in [2.75, 3.05) is 39.5 Å². The number of hydrogen-bond acceptors (Lipinski definition) is 7. The van der Waals surface area contributed by atoms with Crippen molar-refractivity contribution in [1.82, 2.24) is 14.1 Å². The summed E-state index contributed by atoms with van der Waals surface area (Å²) in [5.74, 6) is 0.761. The Morgan fingerprint density at radius 1 is 1.24 bits per heavy atom. The number of ether oxygens (including phenoxy) is 1. The fourth-order valence-electron chi connectivity index (χ4n) is 4.93. The van der Waals surface area contributed by atoms with E-state index in [1.807, 2.05) is 11.9 Å². The van der Waals surface area contributed by atoms with Gasteiger partial charge >= 0.3 is 6.09 Å². The first-order valence-electron chi connectivity index (χ1n) is 11.7. The van der Waals surface area contributed by atoms with E-state index in [4.69, 9.17) is 4.74 Å². The highest BCUT2D eigenvalue weighted by Crippen LogP contribution is 2.32. The Balaban J connectivity index is 1.45. The molecule has 2 atom stereocenters. The maximum Gasteiger partial charge on any atom is 0.410 e. The molecule has 2 fully saturated rings. The molecule has 8 nitrogen and oxygen atoms in total. The van der Waals surface area contributed by atoms with Gasteiger partial charge in [0.2, 0.25) is 0 Å². The van der Waals surface area contributed by atoms with Gasteiger partial charge in [0, 0.05) is 50.4 Å². The standard InChI is InChI=1S/C24H36N4O4S/c1-4-13-27(24(29)32-18-19-5-8-22(9-6-19)28(30)31)21-11-14-26(15-12-21)17-20-7-10-23(16-20)25(2)33-3/h4-6,8-9,20-21,23H,1,7,10-18H2,2-3H3. The highest BCUT2D eigenvalue weighted by molar-refractivity contribution is 7.96. The van der Waals surface area contributed by atoms with Gasteiger partial charge in [0.1, 0.15) is 6.61 Å². The van der Waals surface area contributed by atoms with Crippen LogP contribution in [0.3, 0.4) is 0 Å². The van der Waals surface area contributed by atoms with Crippen LogP contribution in [0.25, 0.3) is 0 Å². The second-order valence-electron chi connectivity index (χ2n) is 9.01. The normalized spacial score (nSPS) is 21.8. The summed E-state index contributed by atoms with van der Waals surface area (Å²) in [6.07, 6.45) is 9.24. The molecule has 1 aliphatic carbocycles. The summed E-state index contributed by atoms with van der Waals surface area (Å²) in [6.45, 7) is 7.49. The van der Waals surface area contributed by atoms with Crippen LogP contribution in [0.1, 0.15) is 37.7 Å². The molecule has 3 rings (SSSR count). The predicted octanol–water partition coefficient (Wildman–Crippen LogP) is 4.56. The number of rotatable bonds is 10. The molecule has 1 heterocycles. The van der Waals surface area contributed by atoms with Crippen molar-refractivity contribution in [2.24, 2.45) is 5.92 Å². The fourth-order valence-corrected chi connectivity index (χ4v) is 5.42. The Morgan fingerprint density at radius 3 is 2.55 bits per heavy atom. The molecule has 182 valence electrons. The van der Waals surface area contributed by atoms with Crippen LogP contribution in [0.15, 0.2) is 36.9 Å². The van der Waals surface area contributed by atoms with Gasteiger partial charge in [-0.05, 0) is 69.0 Å². The van der Waals surface area contributed by atoms with Crippen LogP contribution < -0.4 is 0 Å². The minimum atomic E-state index is -0.443. The van der Waals surface area contributed by atoms with E-state index in [0.29, 0.717) is 12.6 Å². The number of benzene rings is 1. The number of carbonyl (C=O) groups excluding carboxylic acids is 1. The van der Waals surface area contributed by atoms with Crippen molar-refractivity contribution in [2.45, 2.75) is 50.8 Å². The third-order valence-corrected chi connectivity index (χ3v) is 7.77. The monoisotopic (exact) mass is 476 g/mol. The summed E-state index contributed by atoms with van der Waals surface area (Å²) in [7, 11) is 2.19. The van der Waals surface area contributed by atoms with Crippen molar-refractivity contribution in [3.8, 4) is 0 Å². The second-order valence-corrected chi connectivity index (χ2v) is 9.95. The largest absolute Gasteiger partial charge is 0.445 e. The van der Waals surface area contributed by atoms with Crippen molar-refractivity contribution >= 4 is 23.7 Å². The van der Waals surface area contributed by atoms with Gasteiger partial charge in [0.05, 0.1) is 4.92 Å². The Labute approximate surface area is 201 Å². The second kappa shape index (κ2) is 12.4. The molecule has 2 aliphatic rings. The average molecular weight is 477 g/mol. The lowest BCUT2D eigenvalue weighted by Gasteiger charge is -2.38. The number of nitro benzene ring substituents is 1. The molecular weight excluding hydrogens is 440 g/mol. The molecule has 0 aromatic heterocycles. The summed E-state index contributed by atoms with van der Waals surface area (Å²) >= 11 is 1.82. The van der Waals surface area contributed by atoms with Crippen LogP contribution in [-0.4, -0.2) is 76.7 Å². The summed E-state index contributed by atoms with van der Waals surface area (Å²) in [5, 5.41) is 10.8. The van der Waals surface area contributed by atoms with E-state index in [0.717, 1.165) is 44.0 Å². The number of likely N-dealkylation sites (tertiary alicyclic amines) is 1. The SMILES string of the molecule is C=CCN(C(=O)OCc1ccc([N+](=O)[O-])cc1)C1CCN(CC2CCC(N(C)SC)C2)CC1. The minimum Gasteiger partial charge on any atom is -0.445 e. The predicted molar refractivity (Wildman–Crippen MR) is 132 cm³/mol. The van der Waals surface area contributed by atoms with Gasteiger partial charge in [-0.3, -0.25) is 14.4 Å². The first-order valence-corrected chi connectivity index (χ1v) is 12.9.